The summed E-state index contributed by atoms with van der Waals surface area (Å²) < 4.78 is 5.61. The number of fused-ring (bicyclic) bond motifs is 2. The molecule has 3 aliphatic rings. The Bertz CT molecular complexity index is 667. The molecule has 5 nitrogen and oxygen atoms in total. The fraction of sp³-hybridized carbons (Fsp3) is 0.650. The smallest absolute Gasteiger partial charge is 0.410 e. The van der Waals surface area contributed by atoms with E-state index in [1.165, 1.54) is 16.9 Å². The summed E-state index contributed by atoms with van der Waals surface area (Å²) in [5.41, 5.74) is 3.72. The molecule has 1 aromatic carbocycles. The summed E-state index contributed by atoms with van der Waals surface area (Å²) in [6.45, 7) is 9.73. The van der Waals surface area contributed by atoms with Crippen molar-refractivity contribution in [1.82, 2.24) is 4.90 Å². The first-order valence-electron chi connectivity index (χ1n) is 9.53. The van der Waals surface area contributed by atoms with Gasteiger partial charge < -0.3 is 19.9 Å². The summed E-state index contributed by atoms with van der Waals surface area (Å²) in [6.07, 6.45) is 3.08. The first kappa shape index (κ1) is 16.6. The van der Waals surface area contributed by atoms with E-state index < -0.39 is 5.60 Å². The average Bonchev–Trinajstić information content (AvgIpc) is 3.18. The molecule has 2 atom stereocenters. The first-order chi connectivity index (χ1) is 11.9. The maximum absolute atomic E-state index is 12.5. The van der Waals surface area contributed by atoms with Crippen molar-refractivity contribution in [3.8, 4) is 0 Å². The van der Waals surface area contributed by atoms with Gasteiger partial charge in [-0.3, -0.25) is 0 Å². The Balaban J connectivity index is 1.46. The number of ether oxygens (including phenoxy) is 1. The molecule has 25 heavy (non-hydrogen) atoms. The number of carbonyl (C=O) groups excluding carboxylic acids is 1. The maximum atomic E-state index is 12.5. The molecule has 1 aromatic rings. The van der Waals surface area contributed by atoms with E-state index >= 15 is 0 Å². The SMILES string of the molecule is CC(C)(C)OC(=O)N1CCC2CN(c3cccc4c3CCN4)CCC21. The summed E-state index contributed by atoms with van der Waals surface area (Å²) in [5.74, 6) is 0.548. The minimum atomic E-state index is -0.423. The van der Waals surface area contributed by atoms with Crippen LogP contribution in [0, 0.1) is 5.92 Å². The number of nitrogens with one attached hydrogen (secondary N) is 1. The number of hydrogen-bond donors (Lipinski definition) is 1. The summed E-state index contributed by atoms with van der Waals surface area (Å²) in [4.78, 5) is 17.0. The van der Waals surface area contributed by atoms with Crippen molar-refractivity contribution in [2.24, 2.45) is 5.92 Å². The minimum absolute atomic E-state index is 0.141. The fourth-order valence-corrected chi connectivity index (χ4v) is 4.57. The first-order valence-corrected chi connectivity index (χ1v) is 9.53. The summed E-state index contributed by atoms with van der Waals surface area (Å²) in [5, 5.41) is 3.47. The van der Waals surface area contributed by atoms with Crippen LogP contribution < -0.4 is 10.2 Å². The maximum Gasteiger partial charge on any atom is 0.410 e. The second-order valence-corrected chi connectivity index (χ2v) is 8.50. The lowest BCUT2D eigenvalue weighted by atomic mass is 9.92. The van der Waals surface area contributed by atoms with Crippen molar-refractivity contribution in [2.45, 2.75) is 51.7 Å². The van der Waals surface area contributed by atoms with Crippen LogP contribution in [0.15, 0.2) is 18.2 Å². The van der Waals surface area contributed by atoms with E-state index in [4.69, 9.17) is 4.74 Å². The predicted octanol–water partition coefficient (Wildman–Crippen LogP) is 3.49. The van der Waals surface area contributed by atoms with Crippen LogP contribution in [0.1, 0.15) is 39.2 Å². The van der Waals surface area contributed by atoms with E-state index in [2.05, 4.69) is 28.4 Å². The molecule has 0 aromatic heterocycles. The third-order valence-electron chi connectivity index (χ3n) is 5.65. The Morgan fingerprint density at radius 3 is 2.88 bits per heavy atom. The zero-order chi connectivity index (χ0) is 17.6. The zero-order valence-electron chi connectivity index (χ0n) is 15.5. The Morgan fingerprint density at radius 1 is 1.24 bits per heavy atom. The second-order valence-electron chi connectivity index (χ2n) is 8.50. The van der Waals surface area contributed by atoms with E-state index in [0.717, 1.165) is 45.4 Å². The van der Waals surface area contributed by atoms with Crippen molar-refractivity contribution < 1.29 is 9.53 Å². The van der Waals surface area contributed by atoms with E-state index in [0.29, 0.717) is 12.0 Å². The number of piperidine rings is 1. The van der Waals surface area contributed by atoms with Gasteiger partial charge >= 0.3 is 6.09 Å². The molecule has 0 aliphatic carbocycles. The van der Waals surface area contributed by atoms with Gasteiger partial charge in [-0.05, 0) is 58.1 Å². The molecule has 0 saturated carbocycles. The highest BCUT2D eigenvalue weighted by atomic mass is 16.6. The Labute approximate surface area is 150 Å². The third kappa shape index (κ3) is 3.16. The number of nitrogens with zero attached hydrogens (tertiary/aromatic N) is 2. The number of hydrogen-bond acceptors (Lipinski definition) is 4. The molecule has 1 N–H and O–H groups in total. The molecule has 2 saturated heterocycles. The second kappa shape index (κ2) is 6.11. The van der Waals surface area contributed by atoms with Crippen LogP contribution in [0.5, 0.6) is 0 Å². The Morgan fingerprint density at radius 2 is 2.08 bits per heavy atom. The molecular weight excluding hydrogens is 314 g/mol. The monoisotopic (exact) mass is 343 g/mol. The van der Waals surface area contributed by atoms with Crippen LogP contribution in [0.4, 0.5) is 16.2 Å². The molecule has 3 heterocycles. The number of anilines is 2. The number of rotatable bonds is 1. The number of amides is 1. The Hall–Kier alpha value is -1.91. The van der Waals surface area contributed by atoms with Crippen LogP contribution in [-0.2, 0) is 11.2 Å². The number of benzene rings is 1. The summed E-state index contributed by atoms with van der Waals surface area (Å²) >= 11 is 0. The normalized spacial score (nSPS) is 25.4. The van der Waals surface area contributed by atoms with Gasteiger partial charge in [0.2, 0.25) is 0 Å². The van der Waals surface area contributed by atoms with Gasteiger partial charge in [-0.25, -0.2) is 4.79 Å². The van der Waals surface area contributed by atoms with Gasteiger partial charge in [-0.15, -0.1) is 0 Å². The van der Waals surface area contributed by atoms with Crippen LogP contribution in [0.25, 0.3) is 0 Å². The lowest BCUT2D eigenvalue weighted by Gasteiger charge is -2.40. The molecule has 2 fully saturated rings. The highest BCUT2D eigenvalue weighted by Gasteiger charge is 2.42. The fourth-order valence-electron chi connectivity index (χ4n) is 4.57. The van der Waals surface area contributed by atoms with E-state index in [9.17, 15) is 4.79 Å². The van der Waals surface area contributed by atoms with Gasteiger partial charge in [0.15, 0.2) is 0 Å². The van der Waals surface area contributed by atoms with Crippen molar-refractivity contribution >= 4 is 17.5 Å². The molecule has 136 valence electrons. The molecule has 0 bridgehead atoms. The highest BCUT2D eigenvalue weighted by molar-refractivity contribution is 5.71. The van der Waals surface area contributed by atoms with Gasteiger partial charge in [0, 0.05) is 49.2 Å². The van der Waals surface area contributed by atoms with Gasteiger partial charge in [-0.2, -0.15) is 0 Å². The standard InChI is InChI=1S/C20H29N3O2/c1-20(2,3)25-19(24)23-12-8-14-13-22(11-9-17(14)23)18-6-4-5-16-15(18)7-10-21-16/h4-6,14,17,21H,7-13H2,1-3H3. The van der Waals surface area contributed by atoms with Gasteiger partial charge in [0.05, 0.1) is 0 Å². The molecule has 0 spiro atoms. The van der Waals surface area contributed by atoms with E-state index in [1.807, 2.05) is 25.7 Å². The molecule has 4 rings (SSSR count). The lowest BCUT2D eigenvalue weighted by Crippen LogP contribution is -2.48. The zero-order valence-corrected chi connectivity index (χ0v) is 15.5. The van der Waals surface area contributed by atoms with Crippen LogP contribution in [-0.4, -0.2) is 48.8 Å². The molecule has 5 heteroatoms. The van der Waals surface area contributed by atoms with Crippen molar-refractivity contribution in [3.63, 3.8) is 0 Å². The van der Waals surface area contributed by atoms with Crippen LogP contribution in [0.3, 0.4) is 0 Å². The van der Waals surface area contributed by atoms with Gasteiger partial charge in [0.1, 0.15) is 5.60 Å². The molecule has 2 unspecified atom stereocenters. The number of carbonyl (C=O) groups is 1. The van der Waals surface area contributed by atoms with Crippen molar-refractivity contribution in [1.29, 1.82) is 0 Å². The largest absolute Gasteiger partial charge is 0.444 e. The van der Waals surface area contributed by atoms with Crippen LogP contribution >= 0.6 is 0 Å². The number of likely N-dealkylation sites (tertiary alicyclic amines) is 1. The van der Waals surface area contributed by atoms with Crippen molar-refractivity contribution in [2.75, 3.05) is 36.4 Å². The van der Waals surface area contributed by atoms with E-state index in [1.54, 1.807) is 0 Å². The molecular formula is C20H29N3O2. The highest BCUT2D eigenvalue weighted by Crippen LogP contribution is 2.38. The third-order valence-corrected chi connectivity index (χ3v) is 5.65. The van der Waals surface area contributed by atoms with Gasteiger partial charge in [-0.1, -0.05) is 6.07 Å². The molecule has 0 radical (unpaired) electrons. The van der Waals surface area contributed by atoms with Crippen molar-refractivity contribution in [3.05, 3.63) is 23.8 Å². The predicted molar refractivity (Wildman–Crippen MR) is 100 cm³/mol. The van der Waals surface area contributed by atoms with Gasteiger partial charge in [0.25, 0.3) is 0 Å². The average molecular weight is 343 g/mol. The molecule has 3 aliphatic heterocycles. The van der Waals surface area contributed by atoms with Crippen LogP contribution in [0.2, 0.25) is 0 Å². The Kier molecular flexibility index (Phi) is 4.05. The summed E-state index contributed by atoms with van der Waals surface area (Å²) in [6, 6.07) is 6.92. The topological polar surface area (TPSA) is 44.8 Å². The van der Waals surface area contributed by atoms with E-state index in [-0.39, 0.29) is 6.09 Å². The summed E-state index contributed by atoms with van der Waals surface area (Å²) in [7, 11) is 0. The molecule has 1 amide bonds. The minimum Gasteiger partial charge on any atom is -0.444 e. The quantitative estimate of drug-likeness (QED) is 0.848. The lowest BCUT2D eigenvalue weighted by molar-refractivity contribution is 0.0194.